The molecule has 1 aliphatic carbocycles. The molecule has 14 aromatic rings. The summed E-state index contributed by atoms with van der Waals surface area (Å²) < 4.78 is 15.0. The van der Waals surface area contributed by atoms with Crippen LogP contribution in [0.2, 0.25) is 0 Å². The van der Waals surface area contributed by atoms with E-state index < -0.39 is 0 Å². The maximum atomic E-state index is 7.56. The number of nitrogens with zero attached hydrogens (tertiary/aromatic N) is 3. The van der Waals surface area contributed by atoms with Crippen molar-refractivity contribution in [3.63, 3.8) is 0 Å². The van der Waals surface area contributed by atoms with E-state index >= 15 is 0 Å². The van der Waals surface area contributed by atoms with Crippen LogP contribution in [-0.2, 0) is 27.1 Å². The Bertz CT molecular complexity index is 5480. The second kappa shape index (κ2) is 22.2. The van der Waals surface area contributed by atoms with Gasteiger partial charge in [0, 0.05) is 78.0 Å². The first-order valence-corrected chi connectivity index (χ1v) is 35.3. The normalized spacial score (nSPS) is 14.0. The van der Waals surface area contributed by atoms with E-state index in [0.29, 0.717) is 0 Å². The SMILES string of the molecule is CC(C)(C)c1ccc(N2B3c4cc5oc(-c6ccccc6)c(-c6ccccc6)c5cc4N(c4ccc(C(C)(C)C)cc4-c4ccccc4)c4c3c(cc3c4oc4ccccc43)-c3cc4c(cc32)C(C)(C)c2ccc(N(c3ccc(C(C)(C)C)cc3)c3ccc(C(C)(C)C)cc3)cc2-4)cc1. The molecule has 0 saturated heterocycles. The Morgan fingerprint density at radius 3 is 1.51 bits per heavy atom. The van der Waals surface area contributed by atoms with Crippen molar-refractivity contribution < 1.29 is 8.83 Å². The van der Waals surface area contributed by atoms with Gasteiger partial charge in [0.1, 0.15) is 16.9 Å². The summed E-state index contributed by atoms with van der Waals surface area (Å²) in [7, 11) is 0. The van der Waals surface area contributed by atoms with E-state index in [1.165, 1.54) is 61.1 Å². The molecule has 0 atom stereocenters. The number of hydrogen-bond donors (Lipinski definition) is 0. The van der Waals surface area contributed by atoms with Gasteiger partial charge in [-0.15, -0.1) is 0 Å². The van der Waals surface area contributed by atoms with Crippen molar-refractivity contribution in [2.24, 2.45) is 0 Å². The number of rotatable bonds is 8. The molecule has 2 aromatic heterocycles. The van der Waals surface area contributed by atoms with E-state index in [1.807, 2.05) is 0 Å². The molecule has 0 spiro atoms. The highest BCUT2D eigenvalue weighted by Gasteiger charge is 2.49. The molecule has 99 heavy (non-hydrogen) atoms. The third-order valence-electron chi connectivity index (χ3n) is 21.7. The molecule has 3 aliphatic rings. The Balaban J connectivity index is 0.991. The zero-order chi connectivity index (χ0) is 68.4. The van der Waals surface area contributed by atoms with Gasteiger partial charge in [0.25, 0.3) is 0 Å². The lowest BCUT2D eigenvalue weighted by atomic mass is 9.43. The fourth-order valence-corrected chi connectivity index (χ4v) is 16.2. The fraction of sp³-hybridized carbons (Fsp3) is 0.204. The monoisotopic (exact) mass is 1290 g/mol. The summed E-state index contributed by atoms with van der Waals surface area (Å²) in [4.78, 5) is 7.73. The van der Waals surface area contributed by atoms with Crippen LogP contribution in [0.25, 0.3) is 88.7 Å². The molecule has 0 unspecified atom stereocenters. The molecule has 0 amide bonds. The Hall–Kier alpha value is -10.6. The first kappa shape index (κ1) is 62.0. The summed E-state index contributed by atoms with van der Waals surface area (Å²) in [5.41, 5.74) is 31.0. The summed E-state index contributed by atoms with van der Waals surface area (Å²) in [6.45, 7) is 32.1. The second-order valence-electron chi connectivity index (χ2n) is 32.6. The van der Waals surface area contributed by atoms with Crippen molar-refractivity contribution in [3.05, 3.63) is 288 Å². The number of benzene rings is 12. The van der Waals surface area contributed by atoms with Crippen molar-refractivity contribution in [2.75, 3.05) is 14.6 Å². The van der Waals surface area contributed by atoms with E-state index in [4.69, 9.17) is 8.83 Å². The molecule has 0 fully saturated rings. The molecule has 17 rings (SSSR count). The summed E-state index contributed by atoms with van der Waals surface area (Å²) in [6.07, 6.45) is 0. The van der Waals surface area contributed by atoms with E-state index in [2.05, 4.69) is 366 Å². The summed E-state index contributed by atoms with van der Waals surface area (Å²) in [6, 6.07) is 96.0. The molecule has 6 heteroatoms. The smallest absolute Gasteiger partial charge is 0.333 e. The molecule has 5 nitrogen and oxygen atoms in total. The van der Waals surface area contributed by atoms with Crippen molar-refractivity contribution >= 4 is 96.2 Å². The predicted molar refractivity (Wildman–Crippen MR) is 421 cm³/mol. The quantitative estimate of drug-likeness (QED) is 0.142. The molecule has 12 aromatic carbocycles. The highest BCUT2D eigenvalue weighted by atomic mass is 16.3. The van der Waals surface area contributed by atoms with Gasteiger partial charge in [-0.1, -0.05) is 255 Å². The highest BCUT2D eigenvalue weighted by Crippen LogP contribution is 2.59. The molecule has 486 valence electrons. The van der Waals surface area contributed by atoms with Crippen molar-refractivity contribution in [2.45, 2.75) is 124 Å². The molecule has 0 bridgehead atoms. The van der Waals surface area contributed by atoms with Gasteiger partial charge in [-0.2, -0.15) is 0 Å². The van der Waals surface area contributed by atoms with Crippen LogP contribution >= 0.6 is 0 Å². The maximum Gasteiger partial charge on any atom is 0.333 e. The van der Waals surface area contributed by atoms with Crippen LogP contribution in [0.5, 0.6) is 0 Å². The lowest BCUT2D eigenvalue weighted by Gasteiger charge is -2.46. The van der Waals surface area contributed by atoms with Crippen LogP contribution in [0.1, 0.15) is 130 Å². The molecule has 4 heterocycles. The maximum absolute atomic E-state index is 7.56. The van der Waals surface area contributed by atoms with Gasteiger partial charge in [0.05, 0.1) is 11.4 Å². The molecule has 2 aliphatic heterocycles. The van der Waals surface area contributed by atoms with E-state index in [9.17, 15) is 0 Å². The van der Waals surface area contributed by atoms with Crippen LogP contribution < -0.4 is 25.5 Å². The van der Waals surface area contributed by atoms with Crippen LogP contribution in [-0.4, -0.2) is 6.85 Å². The molecular formula is C93H84BN3O2. The van der Waals surface area contributed by atoms with E-state index in [1.54, 1.807) is 0 Å². The molecule has 0 radical (unpaired) electrons. The number of anilines is 8. The van der Waals surface area contributed by atoms with Gasteiger partial charge in [-0.05, 0) is 191 Å². The highest BCUT2D eigenvalue weighted by molar-refractivity contribution is 6.94. The van der Waals surface area contributed by atoms with Crippen LogP contribution in [0.15, 0.2) is 264 Å². The van der Waals surface area contributed by atoms with Crippen LogP contribution in [0.4, 0.5) is 45.5 Å². The minimum atomic E-state index is -0.379. The van der Waals surface area contributed by atoms with Gasteiger partial charge in [-0.3, -0.25) is 0 Å². The van der Waals surface area contributed by atoms with Gasteiger partial charge in [0.2, 0.25) is 0 Å². The number of para-hydroxylation sites is 1. The van der Waals surface area contributed by atoms with Gasteiger partial charge < -0.3 is 23.4 Å². The van der Waals surface area contributed by atoms with Crippen molar-refractivity contribution in [3.8, 4) is 55.8 Å². The average Bonchev–Trinajstić information content (AvgIpc) is 1.66. The van der Waals surface area contributed by atoms with Gasteiger partial charge >= 0.3 is 6.85 Å². The average molecular weight is 1290 g/mol. The lowest BCUT2D eigenvalue weighted by molar-refractivity contribution is 0.590. The largest absolute Gasteiger partial charge is 0.455 e. The van der Waals surface area contributed by atoms with E-state index in [-0.39, 0.29) is 33.9 Å². The predicted octanol–water partition coefficient (Wildman–Crippen LogP) is 25.0. The van der Waals surface area contributed by atoms with Gasteiger partial charge in [-0.25, -0.2) is 0 Å². The topological polar surface area (TPSA) is 36.0 Å². The minimum absolute atomic E-state index is 0.00917. The Kier molecular flexibility index (Phi) is 13.9. The number of fused-ring (bicyclic) bond motifs is 12. The summed E-state index contributed by atoms with van der Waals surface area (Å²) in [5.74, 6) is 0.840. The van der Waals surface area contributed by atoms with Crippen LogP contribution in [0, 0.1) is 0 Å². The van der Waals surface area contributed by atoms with Crippen molar-refractivity contribution in [1.82, 2.24) is 0 Å². The first-order valence-electron chi connectivity index (χ1n) is 35.3. The summed E-state index contributed by atoms with van der Waals surface area (Å²) >= 11 is 0. The van der Waals surface area contributed by atoms with Gasteiger partial charge in [0.15, 0.2) is 5.58 Å². The van der Waals surface area contributed by atoms with Crippen LogP contribution in [0.3, 0.4) is 0 Å². The zero-order valence-electron chi connectivity index (χ0n) is 59.5. The first-order chi connectivity index (χ1) is 47.4. The Labute approximate surface area is 584 Å². The zero-order valence-corrected chi connectivity index (χ0v) is 59.5. The Morgan fingerprint density at radius 2 is 0.899 bits per heavy atom. The third kappa shape index (κ3) is 10.0. The fourth-order valence-electron chi connectivity index (χ4n) is 16.2. The molecule has 0 N–H and O–H groups in total. The minimum Gasteiger partial charge on any atom is -0.455 e. The van der Waals surface area contributed by atoms with E-state index in [0.717, 1.165) is 117 Å². The van der Waals surface area contributed by atoms with Crippen molar-refractivity contribution in [1.29, 1.82) is 0 Å². The second-order valence-corrected chi connectivity index (χ2v) is 32.6. The third-order valence-corrected chi connectivity index (χ3v) is 21.7. The lowest BCUT2D eigenvalue weighted by Crippen LogP contribution is -2.61. The number of furan rings is 2. The number of hydrogen-bond acceptors (Lipinski definition) is 5. The molecular weight excluding hydrogens is 1200 g/mol. The Morgan fingerprint density at radius 1 is 0.364 bits per heavy atom. The summed E-state index contributed by atoms with van der Waals surface area (Å²) in [5, 5.41) is 3.19. The molecule has 0 saturated carbocycles. The standard InChI is InChI=1S/C93H84BN3O2/c1-89(2,3)60-34-41-64(42-35-60)95(65-43-36-61(37-44-65)90(4,5)6)67-47-48-76-70(51-67)71-52-72-73-53-74-68-32-24-25-33-82(68)98-88(74)86-85(73)94(97(80(72)55-77(71)93(76,13)14)66-45-38-62(39-46-66)91(7,8)9)78-56-83-75(84(58-28-20-16-21-29-58)87(99-83)59-30-22-17-23-31-59)54-81(78)96(86)79-49-40-63(92(10,11)12)50-69(79)57-26-18-15-19-27-57/h15-56H,1-14H3.